The summed E-state index contributed by atoms with van der Waals surface area (Å²) in [7, 11) is 0. The average Bonchev–Trinajstić information content (AvgIpc) is 3.07. The lowest BCUT2D eigenvalue weighted by atomic mass is 10.1. The molecule has 3 nitrogen and oxygen atoms in total. The molecule has 0 aromatic carbocycles. The number of nitrogens with zero attached hydrogens (tertiary/aromatic N) is 3. The molecule has 0 bridgehead atoms. The molecule has 0 radical (unpaired) electrons. The fourth-order valence-electron chi connectivity index (χ4n) is 1.99. The van der Waals surface area contributed by atoms with Crippen LogP contribution in [0.25, 0.3) is 16.8 Å². The highest BCUT2D eigenvalue weighted by Gasteiger charge is 2.12. The van der Waals surface area contributed by atoms with Gasteiger partial charge >= 0.3 is 0 Å². The lowest BCUT2D eigenvalue weighted by Crippen LogP contribution is -1.96. The van der Waals surface area contributed by atoms with Crippen LogP contribution in [0, 0.1) is 6.92 Å². The smallest absolute Gasteiger partial charge is 0.272 e. The molecule has 6 heteroatoms. The third-order valence-electron chi connectivity index (χ3n) is 3.00. The summed E-state index contributed by atoms with van der Waals surface area (Å²) in [4.78, 5) is 8.41. The van der Waals surface area contributed by atoms with E-state index >= 15 is 0 Å². The monoisotopic (exact) mass is 291 g/mol. The Morgan fingerprint density at radius 1 is 1.20 bits per heavy atom. The van der Waals surface area contributed by atoms with E-state index in [-0.39, 0.29) is 4.88 Å². The van der Waals surface area contributed by atoms with E-state index < -0.39 is 6.43 Å². The van der Waals surface area contributed by atoms with Gasteiger partial charge in [-0.15, -0.1) is 11.3 Å². The molecule has 0 fully saturated rings. The minimum Gasteiger partial charge on any atom is -0.302 e. The van der Waals surface area contributed by atoms with Gasteiger partial charge in [0.2, 0.25) is 0 Å². The molecular weight excluding hydrogens is 280 g/mol. The predicted molar refractivity (Wildman–Crippen MR) is 74.4 cm³/mol. The van der Waals surface area contributed by atoms with Crippen molar-refractivity contribution in [3.05, 3.63) is 53.0 Å². The van der Waals surface area contributed by atoms with Crippen molar-refractivity contribution in [2.24, 2.45) is 0 Å². The van der Waals surface area contributed by atoms with Gasteiger partial charge in [0.1, 0.15) is 5.82 Å². The van der Waals surface area contributed by atoms with Crippen molar-refractivity contribution >= 4 is 11.3 Å². The third kappa shape index (κ3) is 2.34. The Morgan fingerprint density at radius 2 is 2.05 bits per heavy atom. The van der Waals surface area contributed by atoms with Crippen molar-refractivity contribution in [1.82, 2.24) is 14.5 Å². The van der Waals surface area contributed by atoms with Gasteiger partial charge in [-0.3, -0.25) is 4.98 Å². The van der Waals surface area contributed by atoms with Crippen molar-refractivity contribution in [2.75, 3.05) is 0 Å². The molecule has 0 saturated carbocycles. The Labute approximate surface area is 118 Å². The second-order valence-electron chi connectivity index (χ2n) is 4.31. The van der Waals surface area contributed by atoms with Gasteiger partial charge in [-0.25, -0.2) is 13.8 Å². The number of hydrogen-bond acceptors (Lipinski definition) is 3. The first kappa shape index (κ1) is 12.9. The SMILES string of the molecule is Cc1nccn1-c1cncc(-c2csc(C(F)F)c2)c1. The average molecular weight is 291 g/mol. The number of imidazole rings is 1. The van der Waals surface area contributed by atoms with Crippen LogP contribution in [0.1, 0.15) is 17.1 Å². The molecule has 3 rings (SSSR count). The van der Waals surface area contributed by atoms with Gasteiger partial charge in [-0.2, -0.15) is 0 Å². The fraction of sp³-hybridized carbons (Fsp3) is 0.143. The number of halogens is 2. The number of hydrogen-bond donors (Lipinski definition) is 0. The summed E-state index contributed by atoms with van der Waals surface area (Å²) in [5.74, 6) is 0.850. The van der Waals surface area contributed by atoms with Crippen molar-refractivity contribution in [3.63, 3.8) is 0 Å². The zero-order chi connectivity index (χ0) is 14.1. The number of thiophene rings is 1. The molecule has 0 saturated heterocycles. The molecule has 0 N–H and O–H groups in total. The zero-order valence-corrected chi connectivity index (χ0v) is 11.4. The molecule has 0 aliphatic carbocycles. The Balaban J connectivity index is 2.01. The summed E-state index contributed by atoms with van der Waals surface area (Å²) in [5, 5.41) is 1.73. The first-order valence-corrected chi connectivity index (χ1v) is 6.85. The number of pyridine rings is 1. The minimum atomic E-state index is -2.43. The predicted octanol–water partition coefficient (Wildman–Crippen LogP) is 4.24. The standard InChI is InChI=1S/C14H11F2N3S/c1-9-18-2-3-19(9)12-4-10(6-17-7-12)11-5-13(14(15)16)20-8-11/h2-8,14H,1H3. The first-order valence-electron chi connectivity index (χ1n) is 5.97. The molecule has 0 amide bonds. The van der Waals surface area contributed by atoms with Crippen molar-refractivity contribution < 1.29 is 8.78 Å². The lowest BCUT2D eigenvalue weighted by molar-refractivity contribution is 0.155. The van der Waals surface area contributed by atoms with Crippen LogP contribution in [0.15, 0.2) is 42.3 Å². The van der Waals surface area contributed by atoms with Crippen LogP contribution in [-0.2, 0) is 0 Å². The zero-order valence-electron chi connectivity index (χ0n) is 10.6. The third-order valence-corrected chi connectivity index (χ3v) is 3.94. The van der Waals surface area contributed by atoms with Crippen molar-refractivity contribution in [1.29, 1.82) is 0 Å². The van der Waals surface area contributed by atoms with Gasteiger partial charge in [-0.1, -0.05) is 0 Å². The Hall–Kier alpha value is -2.08. The summed E-state index contributed by atoms with van der Waals surface area (Å²) in [6, 6.07) is 3.43. The minimum absolute atomic E-state index is 0.0733. The van der Waals surface area contributed by atoms with Gasteiger partial charge in [0.05, 0.1) is 16.8 Å². The molecular formula is C14H11F2N3S. The van der Waals surface area contributed by atoms with Crippen LogP contribution in [-0.4, -0.2) is 14.5 Å². The van der Waals surface area contributed by atoms with Crippen LogP contribution < -0.4 is 0 Å². The molecule has 0 aliphatic rings. The second-order valence-corrected chi connectivity index (χ2v) is 5.26. The van der Waals surface area contributed by atoms with Gasteiger partial charge in [0.25, 0.3) is 6.43 Å². The van der Waals surface area contributed by atoms with Gasteiger partial charge in [-0.05, 0) is 30.0 Å². The summed E-state index contributed by atoms with van der Waals surface area (Å²) in [5.41, 5.74) is 2.44. The maximum Gasteiger partial charge on any atom is 0.272 e. The van der Waals surface area contributed by atoms with Crippen molar-refractivity contribution in [3.8, 4) is 16.8 Å². The second kappa shape index (κ2) is 5.13. The number of aromatic nitrogens is 3. The van der Waals surface area contributed by atoms with Crippen LogP contribution in [0.4, 0.5) is 8.78 Å². The Morgan fingerprint density at radius 3 is 2.70 bits per heavy atom. The summed E-state index contributed by atoms with van der Waals surface area (Å²) >= 11 is 1.06. The quantitative estimate of drug-likeness (QED) is 0.722. The number of alkyl halides is 2. The van der Waals surface area contributed by atoms with Crippen LogP contribution in [0.2, 0.25) is 0 Å². The Kier molecular flexibility index (Phi) is 3.31. The maximum atomic E-state index is 12.6. The van der Waals surface area contributed by atoms with E-state index in [0.717, 1.165) is 34.0 Å². The van der Waals surface area contributed by atoms with Gasteiger partial charge in [0.15, 0.2) is 0 Å². The van der Waals surface area contributed by atoms with E-state index in [0.29, 0.717) is 0 Å². The first-order chi connectivity index (χ1) is 9.65. The highest BCUT2D eigenvalue weighted by Crippen LogP contribution is 2.32. The fourth-order valence-corrected chi connectivity index (χ4v) is 2.75. The molecule has 102 valence electrons. The number of rotatable bonds is 3. The molecule has 3 aromatic heterocycles. The van der Waals surface area contributed by atoms with E-state index in [4.69, 9.17) is 0 Å². The molecule has 20 heavy (non-hydrogen) atoms. The Bertz CT molecular complexity index is 733. The largest absolute Gasteiger partial charge is 0.302 e. The summed E-state index contributed by atoms with van der Waals surface area (Å²) in [6.07, 6.45) is 4.52. The molecule has 0 aliphatic heterocycles. The van der Waals surface area contributed by atoms with Crippen molar-refractivity contribution in [2.45, 2.75) is 13.3 Å². The maximum absolute atomic E-state index is 12.6. The molecule has 3 heterocycles. The van der Waals surface area contributed by atoms with Crippen LogP contribution >= 0.6 is 11.3 Å². The normalized spacial score (nSPS) is 11.2. The van der Waals surface area contributed by atoms with E-state index in [1.54, 1.807) is 24.0 Å². The van der Waals surface area contributed by atoms with E-state index in [1.165, 1.54) is 6.07 Å². The highest BCUT2D eigenvalue weighted by atomic mass is 32.1. The van der Waals surface area contributed by atoms with E-state index in [1.807, 2.05) is 23.8 Å². The van der Waals surface area contributed by atoms with Gasteiger partial charge < -0.3 is 4.57 Å². The van der Waals surface area contributed by atoms with Crippen LogP contribution in [0.5, 0.6) is 0 Å². The van der Waals surface area contributed by atoms with E-state index in [9.17, 15) is 8.78 Å². The molecule has 0 spiro atoms. The molecule has 0 atom stereocenters. The number of aryl methyl sites for hydroxylation is 1. The van der Waals surface area contributed by atoms with Gasteiger partial charge in [0, 0.05) is 24.2 Å². The molecule has 3 aromatic rings. The lowest BCUT2D eigenvalue weighted by Gasteiger charge is -2.06. The topological polar surface area (TPSA) is 30.7 Å². The summed E-state index contributed by atoms with van der Waals surface area (Å²) in [6.45, 7) is 1.90. The van der Waals surface area contributed by atoms with E-state index in [2.05, 4.69) is 9.97 Å². The summed E-state index contributed by atoms with van der Waals surface area (Å²) < 4.78 is 27.2. The van der Waals surface area contributed by atoms with Crippen LogP contribution in [0.3, 0.4) is 0 Å². The molecule has 0 unspecified atom stereocenters. The highest BCUT2D eigenvalue weighted by molar-refractivity contribution is 7.10.